The van der Waals surface area contributed by atoms with Crippen molar-refractivity contribution in [3.05, 3.63) is 6.33 Å². The van der Waals surface area contributed by atoms with Gasteiger partial charge in [-0.25, -0.2) is 4.68 Å². The molecule has 92 valence electrons. The van der Waals surface area contributed by atoms with E-state index in [0.29, 0.717) is 12.5 Å². The molecule has 8 nitrogen and oxygen atoms in total. The molecule has 1 aromatic heterocycles. The average molecular weight is 239 g/mol. The molecule has 0 spiro atoms. The Morgan fingerprint density at radius 3 is 2.76 bits per heavy atom. The third-order valence-corrected chi connectivity index (χ3v) is 2.54. The molecular formula is C9H13N5O3. The molecule has 1 fully saturated rings. The van der Waals surface area contributed by atoms with Crippen molar-refractivity contribution in [2.75, 3.05) is 13.1 Å². The molecule has 8 heteroatoms. The molecule has 0 unspecified atom stereocenters. The van der Waals surface area contributed by atoms with E-state index in [9.17, 15) is 9.59 Å². The Morgan fingerprint density at radius 2 is 2.24 bits per heavy atom. The third-order valence-electron chi connectivity index (χ3n) is 2.54. The minimum Gasteiger partial charge on any atom is -0.480 e. The minimum atomic E-state index is -1.00. The predicted molar refractivity (Wildman–Crippen MR) is 54.8 cm³/mol. The number of hydrogen-bond donors (Lipinski definition) is 1. The molecule has 0 aromatic carbocycles. The maximum Gasteiger partial charge on any atom is 0.323 e. The van der Waals surface area contributed by atoms with Crippen molar-refractivity contribution in [3.8, 4) is 0 Å². The smallest absolute Gasteiger partial charge is 0.323 e. The lowest BCUT2D eigenvalue weighted by Crippen LogP contribution is -2.39. The Kier molecular flexibility index (Phi) is 3.31. The largest absolute Gasteiger partial charge is 0.480 e. The van der Waals surface area contributed by atoms with E-state index in [0.717, 1.165) is 12.8 Å². The number of carbonyl (C=O) groups excluding carboxylic acids is 1. The van der Waals surface area contributed by atoms with Crippen LogP contribution < -0.4 is 0 Å². The fourth-order valence-electron chi connectivity index (χ4n) is 1.52. The predicted octanol–water partition coefficient (Wildman–Crippen LogP) is -1.00. The lowest BCUT2D eigenvalue weighted by atomic mass is 10.3. The Balaban J connectivity index is 1.93. The lowest BCUT2D eigenvalue weighted by molar-refractivity contribution is -0.145. The maximum atomic E-state index is 11.9. The summed E-state index contributed by atoms with van der Waals surface area (Å²) in [5, 5.41) is 19.2. The number of amides is 1. The van der Waals surface area contributed by atoms with Crippen LogP contribution in [0.3, 0.4) is 0 Å². The molecule has 1 aliphatic carbocycles. The van der Waals surface area contributed by atoms with Crippen molar-refractivity contribution in [1.29, 1.82) is 0 Å². The molecule has 1 saturated carbocycles. The van der Waals surface area contributed by atoms with Gasteiger partial charge in [0.1, 0.15) is 19.4 Å². The zero-order valence-electron chi connectivity index (χ0n) is 9.19. The topological polar surface area (TPSA) is 101 Å². The number of carboxylic acids is 1. The number of aromatic nitrogens is 4. The summed E-state index contributed by atoms with van der Waals surface area (Å²) in [7, 11) is 0. The van der Waals surface area contributed by atoms with Gasteiger partial charge in [-0.3, -0.25) is 9.59 Å². The van der Waals surface area contributed by atoms with Gasteiger partial charge in [0.2, 0.25) is 5.91 Å². The van der Waals surface area contributed by atoms with Gasteiger partial charge in [-0.05, 0) is 29.2 Å². The van der Waals surface area contributed by atoms with Gasteiger partial charge in [-0.2, -0.15) is 0 Å². The van der Waals surface area contributed by atoms with E-state index in [-0.39, 0.29) is 19.0 Å². The second kappa shape index (κ2) is 4.89. The van der Waals surface area contributed by atoms with E-state index in [4.69, 9.17) is 5.11 Å². The van der Waals surface area contributed by atoms with Crippen molar-refractivity contribution in [1.82, 2.24) is 25.1 Å². The van der Waals surface area contributed by atoms with E-state index in [1.165, 1.54) is 15.9 Å². The van der Waals surface area contributed by atoms with E-state index in [2.05, 4.69) is 15.5 Å². The summed E-state index contributed by atoms with van der Waals surface area (Å²) in [4.78, 5) is 23.9. The zero-order valence-corrected chi connectivity index (χ0v) is 9.19. The Bertz CT molecular complexity index is 401. The molecule has 2 rings (SSSR count). The van der Waals surface area contributed by atoms with Crippen LogP contribution in [-0.2, 0) is 16.1 Å². The van der Waals surface area contributed by atoms with Crippen LogP contribution in [0.2, 0.25) is 0 Å². The highest BCUT2D eigenvalue weighted by atomic mass is 16.4. The van der Waals surface area contributed by atoms with Crippen molar-refractivity contribution in [3.63, 3.8) is 0 Å². The van der Waals surface area contributed by atoms with Crippen LogP contribution in [0.5, 0.6) is 0 Å². The van der Waals surface area contributed by atoms with Crippen molar-refractivity contribution < 1.29 is 14.7 Å². The third kappa shape index (κ3) is 3.51. The molecule has 1 amide bonds. The zero-order chi connectivity index (χ0) is 12.3. The van der Waals surface area contributed by atoms with Gasteiger partial charge in [0.05, 0.1) is 0 Å². The van der Waals surface area contributed by atoms with Gasteiger partial charge in [-0.15, -0.1) is 5.10 Å². The second-order valence-corrected chi connectivity index (χ2v) is 4.12. The molecule has 0 atom stereocenters. The summed E-state index contributed by atoms with van der Waals surface area (Å²) < 4.78 is 1.28. The van der Waals surface area contributed by atoms with Gasteiger partial charge in [-0.1, -0.05) is 0 Å². The molecule has 17 heavy (non-hydrogen) atoms. The van der Waals surface area contributed by atoms with Crippen LogP contribution in [0.25, 0.3) is 0 Å². The first-order valence-electron chi connectivity index (χ1n) is 5.35. The van der Waals surface area contributed by atoms with Gasteiger partial charge in [0.25, 0.3) is 0 Å². The van der Waals surface area contributed by atoms with Crippen LogP contribution >= 0.6 is 0 Å². The minimum absolute atomic E-state index is 0.0208. The van der Waals surface area contributed by atoms with Crippen LogP contribution in [-0.4, -0.2) is 55.2 Å². The van der Waals surface area contributed by atoms with Crippen molar-refractivity contribution in [2.24, 2.45) is 5.92 Å². The summed E-state index contributed by atoms with van der Waals surface area (Å²) in [5.41, 5.74) is 0. The van der Waals surface area contributed by atoms with Crippen LogP contribution in [0.15, 0.2) is 6.33 Å². The average Bonchev–Trinajstić information content (AvgIpc) is 2.92. The highest BCUT2D eigenvalue weighted by Crippen LogP contribution is 2.29. The molecule has 0 radical (unpaired) electrons. The van der Waals surface area contributed by atoms with Crippen molar-refractivity contribution in [2.45, 2.75) is 19.4 Å². The number of nitrogens with zero attached hydrogens (tertiary/aromatic N) is 5. The number of rotatable bonds is 6. The summed E-state index contributed by atoms with van der Waals surface area (Å²) in [6.45, 7) is 0.220. The molecule has 1 aliphatic rings. The SMILES string of the molecule is O=C(O)CN(CC1CC1)C(=O)Cn1cnnn1. The fraction of sp³-hybridized carbons (Fsp3) is 0.667. The van der Waals surface area contributed by atoms with Crippen LogP contribution in [0, 0.1) is 5.92 Å². The van der Waals surface area contributed by atoms with Gasteiger partial charge < -0.3 is 10.0 Å². The first-order chi connectivity index (χ1) is 8.15. The molecule has 1 aromatic rings. The summed E-state index contributed by atoms with van der Waals surface area (Å²) >= 11 is 0. The van der Waals surface area contributed by atoms with Crippen LogP contribution in [0.1, 0.15) is 12.8 Å². The highest BCUT2D eigenvalue weighted by molar-refractivity contribution is 5.81. The van der Waals surface area contributed by atoms with E-state index in [1.807, 2.05) is 0 Å². The van der Waals surface area contributed by atoms with Crippen LogP contribution in [0.4, 0.5) is 0 Å². The van der Waals surface area contributed by atoms with Crippen molar-refractivity contribution >= 4 is 11.9 Å². The Labute approximate surface area is 97.2 Å². The number of aliphatic carboxylic acids is 1. The standard InChI is InChI=1S/C9H13N5O3/c15-8(4-14-6-10-11-12-14)13(5-9(16)17)3-7-1-2-7/h6-7H,1-5H2,(H,16,17). The first kappa shape index (κ1) is 11.5. The Hall–Kier alpha value is -1.99. The fourth-order valence-corrected chi connectivity index (χ4v) is 1.52. The number of carboxylic acid groups (broad SMARTS) is 1. The molecular weight excluding hydrogens is 226 g/mol. The van der Waals surface area contributed by atoms with E-state index in [1.54, 1.807) is 0 Å². The number of hydrogen-bond acceptors (Lipinski definition) is 5. The summed E-state index contributed by atoms with van der Waals surface area (Å²) in [6.07, 6.45) is 3.45. The van der Waals surface area contributed by atoms with Gasteiger partial charge in [0.15, 0.2) is 0 Å². The van der Waals surface area contributed by atoms with Gasteiger partial charge >= 0.3 is 5.97 Å². The summed E-state index contributed by atoms with van der Waals surface area (Å²) in [5.74, 6) is -0.825. The van der Waals surface area contributed by atoms with E-state index >= 15 is 0 Å². The summed E-state index contributed by atoms with van der Waals surface area (Å²) in [6, 6.07) is 0. The first-order valence-corrected chi connectivity index (χ1v) is 5.35. The molecule has 0 saturated heterocycles. The number of carbonyl (C=O) groups is 2. The second-order valence-electron chi connectivity index (χ2n) is 4.12. The lowest BCUT2D eigenvalue weighted by Gasteiger charge is -2.20. The quantitative estimate of drug-likeness (QED) is 0.683. The molecule has 1 N–H and O–H groups in total. The number of tetrazole rings is 1. The van der Waals surface area contributed by atoms with Gasteiger partial charge in [0, 0.05) is 6.54 Å². The maximum absolute atomic E-state index is 11.9. The molecule has 0 bridgehead atoms. The molecule has 1 heterocycles. The monoisotopic (exact) mass is 239 g/mol. The molecule has 0 aliphatic heterocycles. The highest BCUT2D eigenvalue weighted by Gasteiger charge is 2.28. The van der Waals surface area contributed by atoms with E-state index < -0.39 is 5.97 Å². The normalized spacial score (nSPS) is 14.6. The Morgan fingerprint density at radius 1 is 1.47 bits per heavy atom.